The summed E-state index contributed by atoms with van der Waals surface area (Å²) in [6.07, 6.45) is 0.137. The molecule has 3 heteroatoms. The van der Waals surface area contributed by atoms with E-state index in [1.165, 1.54) is 11.6 Å². The summed E-state index contributed by atoms with van der Waals surface area (Å²) in [5.41, 5.74) is 2.24. The number of rotatable bonds is 4. The minimum absolute atomic E-state index is 0.296. The molecule has 0 heterocycles. The molecule has 20 heavy (non-hydrogen) atoms. The first kappa shape index (κ1) is 15.2. The van der Waals surface area contributed by atoms with Gasteiger partial charge in [-0.1, -0.05) is 60.1 Å². The highest BCUT2D eigenvalue weighted by Crippen LogP contribution is 2.28. The molecule has 0 bridgehead atoms. The molecule has 106 valence electrons. The van der Waals surface area contributed by atoms with Crippen LogP contribution in [0.25, 0.3) is 0 Å². The molecule has 2 unspecified atom stereocenters. The molecule has 0 aromatic heterocycles. The van der Waals surface area contributed by atoms with Crippen molar-refractivity contribution >= 4 is 15.9 Å². The summed E-state index contributed by atoms with van der Waals surface area (Å²) < 4.78 is 14.5. The molecule has 0 saturated heterocycles. The van der Waals surface area contributed by atoms with Gasteiger partial charge in [-0.05, 0) is 35.6 Å². The zero-order valence-electron chi connectivity index (χ0n) is 11.6. The highest BCUT2D eigenvalue weighted by atomic mass is 79.9. The molecule has 2 aromatic carbocycles. The topological polar surface area (TPSA) is 20.2 Å². The average Bonchev–Trinajstić information content (AvgIpc) is 2.46. The Hall–Kier alpha value is -1.19. The predicted octanol–water partition coefficient (Wildman–Crippen LogP) is 5.18. The van der Waals surface area contributed by atoms with Crippen molar-refractivity contribution in [3.63, 3.8) is 0 Å². The van der Waals surface area contributed by atoms with Crippen LogP contribution in [-0.2, 0) is 0 Å². The molecular weight excluding hydrogens is 319 g/mol. The monoisotopic (exact) mass is 336 g/mol. The van der Waals surface area contributed by atoms with Gasteiger partial charge >= 0.3 is 0 Å². The Morgan fingerprint density at radius 1 is 1.10 bits per heavy atom. The molecule has 1 N–H and O–H groups in total. The largest absolute Gasteiger partial charge is 0.384 e. The van der Waals surface area contributed by atoms with Crippen LogP contribution in [0.4, 0.5) is 4.39 Å². The lowest BCUT2D eigenvalue weighted by molar-refractivity contribution is 0.215. The summed E-state index contributed by atoms with van der Waals surface area (Å²) in [4.78, 5) is 0. The van der Waals surface area contributed by atoms with Gasteiger partial charge in [-0.25, -0.2) is 4.39 Å². The number of benzene rings is 2. The van der Waals surface area contributed by atoms with E-state index < -0.39 is 11.9 Å². The maximum absolute atomic E-state index is 13.9. The molecule has 0 radical (unpaired) electrons. The van der Waals surface area contributed by atoms with Gasteiger partial charge in [0.05, 0.1) is 0 Å². The smallest absolute Gasteiger partial charge is 0.130 e. The summed E-state index contributed by atoms with van der Waals surface area (Å²) in [5.74, 6) is 0.0866. The third kappa shape index (κ3) is 3.28. The van der Waals surface area contributed by atoms with E-state index in [9.17, 15) is 9.50 Å². The van der Waals surface area contributed by atoms with E-state index in [2.05, 4.69) is 29.8 Å². The van der Waals surface area contributed by atoms with Crippen LogP contribution in [-0.4, -0.2) is 5.11 Å². The van der Waals surface area contributed by atoms with Crippen molar-refractivity contribution in [1.29, 1.82) is 0 Å². The quantitative estimate of drug-likeness (QED) is 0.815. The van der Waals surface area contributed by atoms with Gasteiger partial charge in [0.2, 0.25) is 0 Å². The fourth-order valence-electron chi connectivity index (χ4n) is 2.15. The minimum atomic E-state index is -0.936. The fraction of sp³-hybridized carbons (Fsp3) is 0.294. The summed E-state index contributed by atoms with van der Waals surface area (Å²) in [6, 6.07) is 12.4. The first-order chi connectivity index (χ1) is 9.52. The Kier molecular flexibility index (Phi) is 4.95. The molecule has 2 atom stereocenters. The molecule has 0 aliphatic rings. The van der Waals surface area contributed by atoms with Gasteiger partial charge in [-0.3, -0.25) is 0 Å². The fourth-order valence-corrected chi connectivity index (χ4v) is 2.48. The van der Waals surface area contributed by atoms with E-state index in [0.717, 1.165) is 6.42 Å². The van der Waals surface area contributed by atoms with Gasteiger partial charge in [0, 0.05) is 10.0 Å². The summed E-state index contributed by atoms with van der Waals surface area (Å²) in [7, 11) is 0. The molecule has 0 aliphatic heterocycles. The van der Waals surface area contributed by atoms with E-state index in [0.29, 0.717) is 21.5 Å². The predicted molar refractivity (Wildman–Crippen MR) is 83.3 cm³/mol. The number of halogens is 2. The van der Waals surface area contributed by atoms with Gasteiger partial charge in [0.1, 0.15) is 11.9 Å². The Morgan fingerprint density at radius 2 is 1.70 bits per heavy atom. The highest BCUT2D eigenvalue weighted by molar-refractivity contribution is 9.10. The average molecular weight is 337 g/mol. The molecule has 2 rings (SSSR count). The van der Waals surface area contributed by atoms with E-state index >= 15 is 0 Å². The second kappa shape index (κ2) is 6.51. The lowest BCUT2D eigenvalue weighted by Gasteiger charge is -2.15. The first-order valence-corrected chi connectivity index (χ1v) is 7.55. The van der Waals surface area contributed by atoms with Crippen molar-refractivity contribution in [3.05, 3.63) is 69.4 Å². The van der Waals surface area contributed by atoms with Crippen molar-refractivity contribution in [2.45, 2.75) is 32.3 Å². The van der Waals surface area contributed by atoms with E-state index in [1.807, 2.05) is 24.3 Å². The standard InChI is InChI=1S/C17H18BrFO/c1-3-11(2)12-4-6-13(7-5-12)17(20)15-9-8-14(18)10-16(15)19/h4-11,17,20H,3H2,1-2H3. The molecule has 0 aliphatic carbocycles. The Bertz CT molecular complexity index is 580. The molecule has 0 fully saturated rings. The third-order valence-electron chi connectivity index (χ3n) is 3.69. The van der Waals surface area contributed by atoms with E-state index in [-0.39, 0.29) is 0 Å². The SMILES string of the molecule is CCC(C)c1ccc(C(O)c2ccc(Br)cc2F)cc1. The van der Waals surface area contributed by atoms with Crippen molar-refractivity contribution in [2.24, 2.45) is 0 Å². The molecule has 1 nitrogen and oxygen atoms in total. The van der Waals surface area contributed by atoms with E-state index in [4.69, 9.17) is 0 Å². The zero-order valence-corrected chi connectivity index (χ0v) is 13.2. The van der Waals surface area contributed by atoms with Crippen LogP contribution in [0.1, 0.15) is 49.0 Å². The lowest BCUT2D eigenvalue weighted by atomic mass is 9.95. The van der Waals surface area contributed by atoms with Crippen LogP contribution >= 0.6 is 15.9 Å². The molecule has 0 spiro atoms. The number of hydrogen-bond donors (Lipinski definition) is 1. The summed E-state index contributed by atoms with van der Waals surface area (Å²) >= 11 is 3.21. The van der Waals surface area contributed by atoms with Crippen molar-refractivity contribution in [1.82, 2.24) is 0 Å². The third-order valence-corrected chi connectivity index (χ3v) is 4.18. The van der Waals surface area contributed by atoms with Crippen LogP contribution in [0.2, 0.25) is 0 Å². The molecule has 2 aromatic rings. The molecule has 0 saturated carbocycles. The van der Waals surface area contributed by atoms with Crippen LogP contribution in [0, 0.1) is 5.82 Å². The second-order valence-electron chi connectivity index (χ2n) is 5.04. The normalized spacial score (nSPS) is 14.1. The Labute approximate surface area is 127 Å². The maximum Gasteiger partial charge on any atom is 0.130 e. The number of aliphatic hydroxyl groups is 1. The lowest BCUT2D eigenvalue weighted by Crippen LogP contribution is -2.03. The summed E-state index contributed by atoms with van der Waals surface area (Å²) in [5, 5.41) is 10.3. The van der Waals surface area contributed by atoms with Crippen LogP contribution in [0.5, 0.6) is 0 Å². The van der Waals surface area contributed by atoms with Gasteiger partial charge < -0.3 is 5.11 Å². The van der Waals surface area contributed by atoms with Crippen molar-refractivity contribution in [2.75, 3.05) is 0 Å². The summed E-state index contributed by atoms with van der Waals surface area (Å²) in [6.45, 7) is 4.31. The number of hydrogen-bond acceptors (Lipinski definition) is 1. The Balaban J connectivity index is 2.26. The first-order valence-electron chi connectivity index (χ1n) is 6.75. The second-order valence-corrected chi connectivity index (χ2v) is 5.96. The highest BCUT2D eigenvalue weighted by Gasteiger charge is 2.15. The minimum Gasteiger partial charge on any atom is -0.384 e. The van der Waals surface area contributed by atoms with Gasteiger partial charge in [-0.15, -0.1) is 0 Å². The van der Waals surface area contributed by atoms with Gasteiger partial charge in [0.15, 0.2) is 0 Å². The van der Waals surface area contributed by atoms with Crippen molar-refractivity contribution in [3.8, 4) is 0 Å². The Morgan fingerprint density at radius 3 is 2.25 bits per heavy atom. The van der Waals surface area contributed by atoms with E-state index in [1.54, 1.807) is 12.1 Å². The van der Waals surface area contributed by atoms with Crippen LogP contribution in [0.3, 0.4) is 0 Å². The molecular formula is C17H18BrFO. The van der Waals surface area contributed by atoms with Crippen molar-refractivity contribution < 1.29 is 9.50 Å². The van der Waals surface area contributed by atoms with Crippen LogP contribution < -0.4 is 0 Å². The maximum atomic E-state index is 13.9. The number of aliphatic hydroxyl groups excluding tert-OH is 1. The van der Waals surface area contributed by atoms with Gasteiger partial charge in [-0.2, -0.15) is 0 Å². The zero-order chi connectivity index (χ0) is 14.7. The van der Waals surface area contributed by atoms with Gasteiger partial charge in [0.25, 0.3) is 0 Å². The molecule has 0 amide bonds. The van der Waals surface area contributed by atoms with Crippen LogP contribution in [0.15, 0.2) is 46.9 Å².